The Balaban J connectivity index is 1.88. The third-order valence-corrected chi connectivity index (χ3v) is 5.13. The van der Waals surface area contributed by atoms with Gasteiger partial charge in [0.1, 0.15) is 0 Å². The van der Waals surface area contributed by atoms with Crippen molar-refractivity contribution in [3.8, 4) is 22.8 Å². The number of nitrogens with one attached hydrogen (secondary N) is 1. The highest BCUT2D eigenvalue weighted by Crippen LogP contribution is 2.41. The molecule has 0 aliphatic carbocycles. The second kappa shape index (κ2) is 6.79. The van der Waals surface area contributed by atoms with E-state index >= 15 is 0 Å². The largest absolute Gasteiger partial charge is 0.454 e. The average molecular weight is 377 g/mol. The van der Waals surface area contributed by atoms with Gasteiger partial charge in [0.05, 0.1) is 15.6 Å². The first-order chi connectivity index (χ1) is 12.2. The number of benzene rings is 2. The molecule has 0 amide bonds. The summed E-state index contributed by atoms with van der Waals surface area (Å²) in [7, 11) is 0. The van der Waals surface area contributed by atoms with Gasteiger partial charge < -0.3 is 20.2 Å². The Morgan fingerprint density at radius 1 is 1.00 bits per heavy atom. The number of halogens is 2. The second-order valence-corrected chi connectivity index (χ2v) is 6.89. The molecule has 1 aliphatic rings. The summed E-state index contributed by atoms with van der Waals surface area (Å²) in [4.78, 5) is 3.46. The van der Waals surface area contributed by atoms with E-state index in [9.17, 15) is 0 Å². The highest BCUT2D eigenvalue weighted by Gasteiger charge is 2.20. The fourth-order valence-electron chi connectivity index (χ4n) is 3.29. The van der Waals surface area contributed by atoms with Crippen molar-refractivity contribution in [2.45, 2.75) is 19.3 Å². The van der Waals surface area contributed by atoms with Crippen LogP contribution in [0, 0.1) is 0 Å². The predicted octanol–water partition coefficient (Wildman–Crippen LogP) is 5.15. The van der Waals surface area contributed by atoms with Gasteiger partial charge >= 0.3 is 0 Å². The lowest BCUT2D eigenvalue weighted by Gasteiger charge is -2.07. The lowest BCUT2D eigenvalue weighted by atomic mass is 10.00. The van der Waals surface area contributed by atoms with E-state index in [-0.39, 0.29) is 6.79 Å². The van der Waals surface area contributed by atoms with Crippen LogP contribution in [0.5, 0.6) is 11.5 Å². The molecule has 6 heteroatoms. The molecule has 0 saturated carbocycles. The third kappa shape index (κ3) is 2.95. The smallest absolute Gasteiger partial charge is 0.231 e. The van der Waals surface area contributed by atoms with Gasteiger partial charge in [0.15, 0.2) is 11.5 Å². The maximum absolute atomic E-state index is 6.49. The van der Waals surface area contributed by atoms with Crippen LogP contribution in [-0.4, -0.2) is 18.3 Å². The van der Waals surface area contributed by atoms with Gasteiger partial charge in [-0.25, -0.2) is 0 Å². The zero-order valence-electron chi connectivity index (χ0n) is 13.6. The Morgan fingerprint density at radius 3 is 2.64 bits per heavy atom. The number of aryl methyl sites for hydroxylation is 1. The molecule has 130 valence electrons. The minimum atomic E-state index is 0.256. The number of aromatic amines is 1. The molecule has 1 aromatic heterocycles. The first-order valence-corrected chi connectivity index (χ1v) is 9.03. The van der Waals surface area contributed by atoms with Crippen LogP contribution in [0.4, 0.5) is 0 Å². The topological polar surface area (TPSA) is 60.3 Å². The van der Waals surface area contributed by atoms with E-state index in [1.54, 1.807) is 0 Å². The number of aromatic nitrogens is 1. The van der Waals surface area contributed by atoms with Gasteiger partial charge in [-0.1, -0.05) is 23.2 Å². The van der Waals surface area contributed by atoms with Gasteiger partial charge in [-0.15, -0.1) is 0 Å². The summed E-state index contributed by atoms with van der Waals surface area (Å²) in [6.07, 6.45) is 2.83. The minimum absolute atomic E-state index is 0.256. The number of fused-ring (bicyclic) bond motifs is 2. The second-order valence-electron chi connectivity index (χ2n) is 6.07. The summed E-state index contributed by atoms with van der Waals surface area (Å²) in [5.41, 5.74) is 9.72. The van der Waals surface area contributed by atoms with Crippen LogP contribution in [0.25, 0.3) is 22.2 Å². The maximum Gasteiger partial charge on any atom is 0.231 e. The quantitative estimate of drug-likeness (QED) is 0.605. The summed E-state index contributed by atoms with van der Waals surface area (Å²) in [6.45, 7) is 0.933. The molecule has 0 fully saturated rings. The van der Waals surface area contributed by atoms with Crippen molar-refractivity contribution in [1.29, 1.82) is 0 Å². The molecule has 0 atom stereocenters. The highest BCUT2D eigenvalue weighted by molar-refractivity contribution is 6.40. The number of hydrogen-bond acceptors (Lipinski definition) is 3. The Morgan fingerprint density at radius 2 is 1.80 bits per heavy atom. The Hall–Kier alpha value is -1.88. The van der Waals surface area contributed by atoms with Gasteiger partial charge in [0.25, 0.3) is 0 Å². The molecule has 1 aliphatic heterocycles. The molecule has 0 radical (unpaired) electrons. The van der Waals surface area contributed by atoms with Crippen LogP contribution < -0.4 is 15.2 Å². The third-order valence-electron chi connectivity index (χ3n) is 4.50. The molecule has 4 rings (SSSR count). The fraction of sp³-hybridized carbons (Fsp3) is 0.263. The number of rotatable bonds is 5. The molecular formula is C19H18Cl2N2O2. The maximum atomic E-state index is 6.49. The molecule has 2 heterocycles. The van der Waals surface area contributed by atoms with Crippen LogP contribution in [0.3, 0.4) is 0 Å². The molecule has 0 bridgehead atoms. The van der Waals surface area contributed by atoms with E-state index in [1.807, 2.05) is 30.3 Å². The van der Waals surface area contributed by atoms with Crippen LogP contribution in [-0.2, 0) is 6.42 Å². The molecule has 0 saturated heterocycles. The van der Waals surface area contributed by atoms with Gasteiger partial charge in [-0.3, -0.25) is 0 Å². The van der Waals surface area contributed by atoms with E-state index in [0.29, 0.717) is 16.6 Å². The summed E-state index contributed by atoms with van der Waals surface area (Å²) in [5, 5.41) is 2.34. The predicted molar refractivity (Wildman–Crippen MR) is 102 cm³/mol. The van der Waals surface area contributed by atoms with Crippen LogP contribution in [0.15, 0.2) is 30.3 Å². The van der Waals surface area contributed by atoms with Crippen molar-refractivity contribution < 1.29 is 9.47 Å². The fourth-order valence-corrected chi connectivity index (χ4v) is 3.77. The van der Waals surface area contributed by atoms with Crippen LogP contribution >= 0.6 is 23.2 Å². The highest BCUT2D eigenvalue weighted by atomic mass is 35.5. The molecular weight excluding hydrogens is 359 g/mol. The summed E-state index contributed by atoms with van der Waals surface area (Å²) < 4.78 is 10.9. The molecule has 0 unspecified atom stereocenters. The Bertz CT molecular complexity index is 937. The van der Waals surface area contributed by atoms with E-state index in [1.165, 1.54) is 0 Å². The zero-order valence-corrected chi connectivity index (χ0v) is 15.1. The van der Waals surface area contributed by atoms with Gasteiger partial charge in [0, 0.05) is 16.6 Å². The average Bonchev–Trinajstić information content (AvgIpc) is 3.23. The van der Waals surface area contributed by atoms with Crippen molar-refractivity contribution >= 4 is 34.1 Å². The van der Waals surface area contributed by atoms with Gasteiger partial charge in [0.2, 0.25) is 6.79 Å². The van der Waals surface area contributed by atoms with Gasteiger partial charge in [-0.2, -0.15) is 0 Å². The number of ether oxygens (including phenoxy) is 2. The van der Waals surface area contributed by atoms with Crippen molar-refractivity contribution in [2.75, 3.05) is 13.3 Å². The standard InChI is InChI=1S/C19H18Cl2N2O2/c20-13-5-6-14(21)19-17(13)12(3-1-2-8-22)18(23-19)11-4-7-15-16(9-11)25-10-24-15/h4-7,9,23H,1-3,8,10,22H2. The number of unbranched alkanes of at least 4 members (excludes halogenated alkanes) is 1. The lowest BCUT2D eigenvalue weighted by molar-refractivity contribution is 0.174. The minimum Gasteiger partial charge on any atom is -0.454 e. The van der Waals surface area contributed by atoms with Crippen LogP contribution in [0.2, 0.25) is 10.0 Å². The van der Waals surface area contributed by atoms with Crippen molar-refractivity contribution in [1.82, 2.24) is 4.98 Å². The first kappa shape index (κ1) is 16.6. The van der Waals surface area contributed by atoms with Crippen LogP contribution in [0.1, 0.15) is 18.4 Å². The molecule has 2 aromatic carbocycles. The van der Waals surface area contributed by atoms with E-state index in [0.717, 1.165) is 58.5 Å². The SMILES string of the molecule is NCCCCc1c(-c2ccc3c(c2)OCO3)[nH]c2c(Cl)ccc(Cl)c12. The van der Waals surface area contributed by atoms with Crippen molar-refractivity contribution in [3.05, 3.63) is 45.9 Å². The van der Waals surface area contributed by atoms with E-state index < -0.39 is 0 Å². The number of nitrogens with two attached hydrogens (primary N) is 1. The van der Waals surface area contributed by atoms with Gasteiger partial charge in [-0.05, 0) is 61.7 Å². The molecule has 3 N–H and O–H groups in total. The van der Waals surface area contributed by atoms with Crippen molar-refractivity contribution in [3.63, 3.8) is 0 Å². The molecule has 4 nitrogen and oxygen atoms in total. The number of hydrogen-bond donors (Lipinski definition) is 2. The van der Waals surface area contributed by atoms with E-state index in [4.69, 9.17) is 38.4 Å². The monoisotopic (exact) mass is 376 g/mol. The Kier molecular flexibility index (Phi) is 4.50. The molecule has 0 spiro atoms. The zero-order chi connectivity index (χ0) is 17.4. The normalized spacial score (nSPS) is 12.9. The molecule has 3 aromatic rings. The first-order valence-electron chi connectivity index (χ1n) is 8.27. The Labute approximate surface area is 155 Å². The summed E-state index contributed by atoms with van der Waals surface area (Å²) in [5.74, 6) is 1.52. The summed E-state index contributed by atoms with van der Waals surface area (Å²) >= 11 is 12.9. The molecule has 25 heavy (non-hydrogen) atoms. The van der Waals surface area contributed by atoms with Crippen molar-refractivity contribution in [2.24, 2.45) is 5.73 Å². The lowest BCUT2D eigenvalue weighted by Crippen LogP contribution is -1.99. The van der Waals surface area contributed by atoms with E-state index in [2.05, 4.69) is 4.98 Å². The summed E-state index contributed by atoms with van der Waals surface area (Å²) in [6, 6.07) is 9.59. The number of H-pyrrole nitrogens is 1.